The summed E-state index contributed by atoms with van der Waals surface area (Å²) in [5, 5.41) is 4.38. The summed E-state index contributed by atoms with van der Waals surface area (Å²) in [7, 11) is 0. The van der Waals surface area contributed by atoms with Crippen LogP contribution in [0.4, 0.5) is 0 Å². The molecule has 38 heavy (non-hydrogen) atoms. The van der Waals surface area contributed by atoms with Crippen molar-refractivity contribution in [2.75, 3.05) is 0 Å². The van der Waals surface area contributed by atoms with Crippen molar-refractivity contribution < 1.29 is 18.7 Å². The van der Waals surface area contributed by atoms with Crippen molar-refractivity contribution in [1.29, 1.82) is 0 Å². The van der Waals surface area contributed by atoms with Crippen LogP contribution in [0.5, 0.6) is 0 Å². The summed E-state index contributed by atoms with van der Waals surface area (Å²) < 4.78 is 13.3. The molecule has 2 unspecified atom stereocenters. The lowest BCUT2D eigenvalue weighted by Gasteiger charge is -2.43. The van der Waals surface area contributed by atoms with Gasteiger partial charge in [0.1, 0.15) is 17.8 Å². The Balaban J connectivity index is 1.21. The molecule has 6 rings (SSSR count). The minimum atomic E-state index is -0.881. The zero-order chi connectivity index (χ0) is 26.1. The topological polar surface area (TPSA) is 112 Å². The van der Waals surface area contributed by atoms with Crippen LogP contribution in [0, 0.1) is 11.8 Å². The average Bonchev–Trinajstić information content (AvgIpc) is 3.71. The van der Waals surface area contributed by atoms with Gasteiger partial charge in [-0.1, -0.05) is 31.9 Å². The molecule has 2 fully saturated rings. The van der Waals surface area contributed by atoms with Gasteiger partial charge in [0.05, 0.1) is 6.20 Å². The molecular weight excluding hydrogens is 482 g/mol. The van der Waals surface area contributed by atoms with Crippen LogP contribution >= 0.6 is 0 Å². The van der Waals surface area contributed by atoms with Crippen LogP contribution in [-0.2, 0) is 33.6 Å². The Hall–Kier alpha value is -3.88. The summed E-state index contributed by atoms with van der Waals surface area (Å²) in [5.41, 5.74) is 2.54. The summed E-state index contributed by atoms with van der Waals surface area (Å²) in [6, 6.07) is 8.07. The Morgan fingerprint density at radius 3 is 2.74 bits per heavy atom. The van der Waals surface area contributed by atoms with Crippen molar-refractivity contribution >= 4 is 17.5 Å². The van der Waals surface area contributed by atoms with Gasteiger partial charge < -0.3 is 9.15 Å². The molecule has 1 aliphatic carbocycles. The number of carbonyl (C=O) groups excluding carboxylic acids is 2. The summed E-state index contributed by atoms with van der Waals surface area (Å²) >= 11 is 0. The number of carbonyl (C=O) groups is 2. The molecule has 3 aromatic heterocycles. The number of ketones is 1. The first kappa shape index (κ1) is 24.5. The van der Waals surface area contributed by atoms with Crippen molar-refractivity contribution in [2.24, 2.45) is 11.8 Å². The van der Waals surface area contributed by atoms with Crippen molar-refractivity contribution in [2.45, 2.75) is 70.3 Å². The van der Waals surface area contributed by atoms with E-state index in [-0.39, 0.29) is 24.5 Å². The lowest BCUT2D eigenvalue weighted by Crippen LogP contribution is -2.52. The highest BCUT2D eigenvalue weighted by Gasteiger charge is 2.51. The molecule has 2 aliphatic rings. The highest BCUT2D eigenvalue weighted by Crippen LogP contribution is 2.45. The summed E-state index contributed by atoms with van der Waals surface area (Å²) in [5.74, 6) is 0.275. The molecular formula is C29H31N5O4. The number of hydrogen-bond donors (Lipinski definition) is 0. The lowest BCUT2D eigenvalue weighted by atomic mass is 9.73. The fourth-order valence-electron chi connectivity index (χ4n) is 6.14. The molecule has 0 amide bonds. The molecule has 196 valence electrons. The van der Waals surface area contributed by atoms with E-state index >= 15 is 0 Å². The van der Waals surface area contributed by atoms with E-state index in [0.717, 1.165) is 55.2 Å². The Kier molecular flexibility index (Phi) is 6.51. The smallest absolute Gasteiger partial charge is 0.317 e. The van der Waals surface area contributed by atoms with Crippen molar-refractivity contribution in [3.05, 3.63) is 66.1 Å². The molecule has 0 spiro atoms. The molecule has 9 nitrogen and oxygen atoms in total. The molecule has 9 heteroatoms. The van der Waals surface area contributed by atoms with E-state index in [0.29, 0.717) is 23.9 Å². The third-order valence-corrected chi connectivity index (χ3v) is 8.15. The van der Waals surface area contributed by atoms with E-state index in [4.69, 9.17) is 9.15 Å². The minimum Gasteiger partial charge on any atom is -0.458 e. The van der Waals surface area contributed by atoms with Crippen LogP contribution in [0.3, 0.4) is 0 Å². The zero-order valence-electron chi connectivity index (χ0n) is 21.5. The Bertz CT molecular complexity index is 1400. The van der Waals surface area contributed by atoms with Gasteiger partial charge in [0.25, 0.3) is 5.78 Å². The number of oxazole rings is 1. The molecule has 0 bridgehead atoms. The number of nitrogens with zero attached hydrogens (tertiary/aromatic N) is 5. The van der Waals surface area contributed by atoms with Gasteiger partial charge in [-0.15, -0.1) is 5.10 Å². The normalized spacial score (nSPS) is 22.3. The number of rotatable bonds is 8. The van der Waals surface area contributed by atoms with E-state index in [1.807, 2.05) is 6.07 Å². The second-order valence-corrected chi connectivity index (χ2v) is 10.4. The number of cyclic esters (lactones) is 1. The standard InChI is InChI=1S/C29H31N5O4/c1-2-20-16-19(8-9-22(20)26-30-13-15-37-26)10-11-29(21-6-3-4-7-21)18-24(35)23(27(36)38-29)17-25-32-28-31-12-5-14-34(28)33-25/h5,8-9,12-16,21,23H,2-4,6-7,10-11,17-18H2,1H3. The molecule has 2 atom stereocenters. The number of fused-ring (bicyclic) bond motifs is 1. The summed E-state index contributed by atoms with van der Waals surface area (Å²) in [4.78, 5) is 39.7. The zero-order valence-corrected chi connectivity index (χ0v) is 21.5. The molecule has 1 saturated heterocycles. The number of hydrogen-bond acceptors (Lipinski definition) is 8. The second kappa shape index (κ2) is 10.1. The fraction of sp³-hybridized carbons (Fsp3) is 0.448. The third kappa shape index (κ3) is 4.61. The molecule has 0 radical (unpaired) electrons. The van der Waals surface area contributed by atoms with Crippen molar-refractivity contribution in [3.8, 4) is 11.5 Å². The van der Waals surface area contributed by atoms with Crippen LogP contribution in [0.2, 0.25) is 0 Å². The predicted octanol–water partition coefficient (Wildman–Crippen LogP) is 4.58. The molecule has 1 saturated carbocycles. The van der Waals surface area contributed by atoms with Crippen LogP contribution in [0.1, 0.15) is 62.4 Å². The van der Waals surface area contributed by atoms with E-state index in [2.05, 4.69) is 39.1 Å². The Morgan fingerprint density at radius 2 is 2.00 bits per heavy atom. The van der Waals surface area contributed by atoms with Crippen LogP contribution in [0.25, 0.3) is 17.2 Å². The highest BCUT2D eigenvalue weighted by atomic mass is 16.6. The number of aryl methyl sites for hydroxylation is 2. The SMILES string of the molecule is CCc1cc(CCC2(C3CCCC3)CC(=O)C(Cc3nc4ncccn4n3)C(=O)O2)ccc1-c1ncco1. The summed E-state index contributed by atoms with van der Waals surface area (Å²) in [6.07, 6.45) is 13.3. The number of esters is 1. The maximum Gasteiger partial charge on any atom is 0.317 e. The first-order chi connectivity index (χ1) is 18.5. The number of ether oxygens (including phenoxy) is 1. The third-order valence-electron chi connectivity index (χ3n) is 8.15. The Morgan fingerprint density at radius 1 is 1.13 bits per heavy atom. The van der Waals surface area contributed by atoms with Gasteiger partial charge in [-0.3, -0.25) is 9.59 Å². The van der Waals surface area contributed by atoms with Crippen LogP contribution in [-0.4, -0.2) is 41.9 Å². The molecule has 1 aromatic carbocycles. The van der Waals surface area contributed by atoms with E-state index in [1.165, 1.54) is 0 Å². The van der Waals surface area contributed by atoms with E-state index in [9.17, 15) is 9.59 Å². The Labute approximate surface area is 220 Å². The van der Waals surface area contributed by atoms with Crippen molar-refractivity contribution in [1.82, 2.24) is 24.6 Å². The lowest BCUT2D eigenvalue weighted by molar-refractivity contribution is -0.185. The largest absolute Gasteiger partial charge is 0.458 e. The van der Waals surface area contributed by atoms with Gasteiger partial charge in [0.2, 0.25) is 5.89 Å². The highest BCUT2D eigenvalue weighted by molar-refractivity contribution is 6.01. The maximum atomic E-state index is 13.5. The average molecular weight is 514 g/mol. The van der Waals surface area contributed by atoms with Gasteiger partial charge in [0, 0.05) is 30.8 Å². The van der Waals surface area contributed by atoms with Gasteiger partial charge in [-0.25, -0.2) is 14.5 Å². The maximum absolute atomic E-state index is 13.5. The monoisotopic (exact) mass is 513 g/mol. The first-order valence-corrected chi connectivity index (χ1v) is 13.5. The molecule has 4 aromatic rings. The molecule has 4 heterocycles. The number of benzene rings is 1. The summed E-state index contributed by atoms with van der Waals surface area (Å²) in [6.45, 7) is 2.11. The first-order valence-electron chi connectivity index (χ1n) is 13.5. The van der Waals surface area contributed by atoms with Gasteiger partial charge >= 0.3 is 5.97 Å². The van der Waals surface area contributed by atoms with Gasteiger partial charge in [0.15, 0.2) is 11.6 Å². The quantitative estimate of drug-likeness (QED) is 0.249. The van der Waals surface area contributed by atoms with E-state index in [1.54, 1.807) is 35.4 Å². The second-order valence-electron chi connectivity index (χ2n) is 10.4. The van der Waals surface area contributed by atoms with Crippen LogP contribution < -0.4 is 0 Å². The number of Topliss-reactive ketones (excluding diaryl/α,β-unsaturated/α-hetero) is 1. The van der Waals surface area contributed by atoms with Crippen molar-refractivity contribution in [3.63, 3.8) is 0 Å². The predicted molar refractivity (Wildman–Crippen MR) is 138 cm³/mol. The van der Waals surface area contributed by atoms with Gasteiger partial charge in [-0.2, -0.15) is 4.98 Å². The fourth-order valence-corrected chi connectivity index (χ4v) is 6.14. The molecule has 1 aliphatic heterocycles. The number of aromatic nitrogens is 5. The van der Waals surface area contributed by atoms with Gasteiger partial charge in [-0.05, 0) is 61.3 Å². The molecule has 0 N–H and O–H groups in total. The minimum absolute atomic E-state index is 0.0755. The van der Waals surface area contributed by atoms with Crippen LogP contribution in [0.15, 0.2) is 53.5 Å². The van der Waals surface area contributed by atoms with E-state index < -0.39 is 17.5 Å².